The van der Waals surface area contributed by atoms with E-state index in [-0.39, 0.29) is 5.91 Å². The van der Waals surface area contributed by atoms with Gasteiger partial charge in [-0.15, -0.1) is 11.3 Å². The van der Waals surface area contributed by atoms with Gasteiger partial charge in [0, 0.05) is 36.4 Å². The van der Waals surface area contributed by atoms with Crippen LogP contribution < -0.4 is 0 Å². The van der Waals surface area contributed by atoms with E-state index in [2.05, 4.69) is 20.8 Å². The number of aryl methyl sites for hydroxylation is 1. The summed E-state index contributed by atoms with van der Waals surface area (Å²) in [5, 5.41) is 1.01. The van der Waals surface area contributed by atoms with Crippen LogP contribution in [-0.2, 0) is 0 Å². The molecule has 18 heavy (non-hydrogen) atoms. The Morgan fingerprint density at radius 1 is 1.33 bits per heavy atom. The van der Waals surface area contributed by atoms with E-state index in [1.807, 2.05) is 24.0 Å². The first kappa shape index (κ1) is 14.0. The minimum atomic E-state index is 0.203. The summed E-state index contributed by atoms with van der Waals surface area (Å²) in [5.41, 5.74) is 0. The number of alkyl halides is 1. The minimum absolute atomic E-state index is 0.203. The lowest BCUT2D eigenvalue weighted by Gasteiger charge is -2.20. The highest BCUT2D eigenvalue weighted by atomic mass is 79.9. The highest BCUT2D eigenvalue weighted by Gasteiger charge is 2.20. The molecule has 0 saturated carbocycles. The first-order valence-electron chi connectivity index (χ1n) is 6.35. The average molecular weight is 331 g/mol. The molecule has 0 aromatic carbocycles. The maximum atomic E-state index is 12.3. The number of thiophene rings is 1. The van der Waals surface area contributed by atoms with Crippen LogP contribution in [0, 0.1) is 6.92 Å². The van der Waals surface area contributed by atoms with Crippen molar-refractivity contribution in [2.75, 3.05) is 38.1 Å². The predicted octanol–water partition coefficient (Wildman–Crippen LogP) is 2.60. The molecule has 100 valence electrons. The fourth-order valence-corrected chi connectivity index (χ4v) is 3.56. The average Bonchev–Trinajstić information content (AvgIpc) is 2.65. The number of nitrogens with zero attached hydrogens (tertiary/aromatic N) is 2. The monoisotopic (exact) mass is 330 g/mol. The summed E-state index contributed by atoms with van der Waals surface area (Å²) in [5.74, 6) is 0.203. The molecule has 0 N–H and O–H groups in total. The third kappa shape index (κ3) is 3.56. The molecule has 1 aliphatic rings. The number of amides is 1. The topological polar surface area (TPSA) is 23.6 Å². The van der Waals surface area contributed by atoms with E-state index in [0.29, 0.717) is 0 Å². The van der Waals surface area contributed by atoms with Crippen molar-refractivity contribution in [2.24, 2.45) is 0 Å². The maximum Gasteiger partial charge on any atom is 0.263 e. The van der Waals surface area contributed by atoms with Gasteiger partial charge in [0.2, 0.25) is 0 Å². The quantitative estimate of drug-likeness (QED) is 0.795. The molecular weight excluding hydrogens is 312 g/mol. The lowest BCUT2D eigenvalue weighted by molar-refractivity contribution is 0.0766. The van der Waals surface area contributed by atoms with Crippen molar-refractivity contribution in [3.05, 3.63) is 21.9 Å². The molecule has 0 atom stereocenters. The Morgan fingerprint density at radius 2 is 2.17 bits per heavy atom. The molecule has 2 heterocycles. The summed E-state index contributed by atoms with van der Waals surface area (Å²) >= 11 is 5.07. The van der Waals surface area contributed by atoms with Crippen molar-refractivity contribution in [1.29, 1.82) is 0 Å². The second-order valence-electron chi connectivity index (χ2n) is 4.59. The van der Waals surface area contributed by atoms with Gasteiger partial charge < -0.3 is 9.80 Å². The summed E-state index contributed by atoms with van der Waals surface area (Å²) in [4.78, 5) is 18.8. The van der Waals surface area contributed by atoms with Gasteiger partial charge >= 0.3 is 0 Å². The molecule has 1 fully saturated rings. The molecule has 2 rings (SSSR count). The highest BCUT2D eigenvalue weighted by Crippen LogP contribution is 2.18. The smallest absolute Gasteiger partial charge is 0.263 e. The van der Waals surface area contributed by atoms with E-state index in [1.165, 1.54) is 4.88 Å². The zero-order valence-electron chi connectivity index (χ0n) is 10.7. The Morgan fingerprint density at radius 3 is 2.83 bits per heavy atom. The van der Waals surface area contributed by atoms with Crippen LogP contribution in [0.4, 0.5) is 0 Å². The molecule has 0 aliphatic carbocycles. The lowest BCUT2D eigenvalue weighted by Crippen LogP contribution is -2.35. The van der Waals surface area contributed by atoms with Crippen molar-refractivity contribution >= 4 is 33.2 Å². The largest absolute Gasteiger partial charge is 0.337 e. The molecule has 1 amide bonds. The fourth-order valence-electron chi connectivity index (χ4n) is 2.22. The van der Waals surface area contributed by atoms with Crippen LogP contribution in [0.2, 0.25) is 0 Å². The second-order valence-corrected chi connectivity index (χ2v) is 6.67. The fraction of sp³-hybridized carbons (Fsp3) is 0.615. The number of halogens is 1. The maximum absolute atomic E-state index is 12.3. The van der Waals surface area contributed by atoms with E-state index in [4.69, 9.17) is 0 Å². The van der Waals surface area contributed by atoms with Crippen molar-refractivity contribution < 1.29 is 4.79 Å². The molecule has 1 aliphatic heterocycles. The van der Waals surface area contributed by atoms with E-state index in [0.717, 1.165) is 49.4 Å². The van der Waals surface area contributed by atoms with Gasteiger partial charge in [-0.05, 0) is 32.0 Å². The molecule has 3 nitrogen and oxygen atoms in total. The minimum Gasteiger partial charge on any atom is -0.337 e. The Balaban J connectivity index is 1.95. The molecular formula is C13H19BrN2OS. The Labute approximate surface area is 121 Å². The van der Waals surface area contributed by atoms with E-state index in [1.54, 1.807) is 11.3 Å². The van der Waals surface area contributed by atoms with Crippen LogP contribution in [0.5, 0.6) is 0 Å². The van der Waals surface area contributed by atoms with Gasteiger partial charge in [0.25, 0.3) is 5.91 Å². The predicted molar refractivity (Wildman–Crippen MR) is 79.8 cm³/mol. The lowest BCUT2D eigenvalue weighted by atomic mass is 10.3. The third-order valence-electron chi connectivity index (χ3n) is 3.23. The van der Waals surface area contributed by atoms with E-state index in [9.17, 15) is 4.79 Å². The van der Waals surface area contributed by atoms with Crippen LogP contribution in [0.3, 0.4) is 0 Å². The summed E-state index contributed by atoms with van der Waals surface area (Å²) in [7, 11) is 0. The molecule has 0 radical (unpaired) electrons. The van der Waals surface area contributed by atoms with E-state index < -0.39 is 0 Å². The van der Waals surface area contributed by atoms with Crippen molar-refractivity contribution in [3.8, 4) is 0 Å². The molecule has 1 aromatic rings. The molecule has 1 saturated heterocycles. The first-order valence-corrected chi connectivity index (χ1v) is 8.28. The SMILES string of the molecule is Cc1ccc(C(=O)N2CCCN(CCBr)CC2)s1. The third-order valence-corrected chi connectivity index (χ3v) is 4.57. The summed E-state index contributed by atoms with van der Waals surface area (Å²) < 4.78 is 0. The summed E-state index contributed by atoms with van der Waals surface area (Å²) in [6, 6.07) is 3.97. The van der Waals surface area contributed by atoms with Gasteiger partial charge in [0.05, 0.1) is 4.88 Å². The Bertz CT molecular complexity index is 407. The second kappa shape index (κ2) is 6.68. The van der Waals surface area contributed by atoms with Gasteiger partial charge in [0.1, 0.15) is 0 Å². The van der Waals surface area contributed by atoms with Crippen LogP contribution in [0.15, 0.2) is 12.1 Å². The number of hydrogen-bond donors (Lipinski definition) is 0. The number of carbonyl (C=O) groups is 1. The number of carbonyl (C=O) groups excluding carboxylic acids is 1. The standard InChI is InChI=1S/C13H19BrN2OS/c1-11-3-4-12(18-11)13(17)16-7-2-6-15(8-5-14)9-10-16/h3-4H,2,5-10H2,1H3. The van der Waals surface area contributed by atoms with Gasteiger partial charge in [-0.1, -0.05) is 15.9 Å². The van der Waals surface area contributed by atoms with Crippen LogP contribution in [0.25, 0.3) is 0 Å². The van der Waals surface area contributed by atoms with Gasteiger partial charge in [-0.25, -0.2) is 0 Å². The van der Waals surface area contributed by atoms with Gasteiger partial charge in [-0.3, -0.25) is 4.79 Å². The highest BCUT2D eigenvalue weighted by molar-refractivity contribution is 9.09. The summed E-state index contributed by atoms with van der Waals surface area (Å²) in [6.07, 6.45) is 1.07. The zero-order chi connectivity index (χ0) is 13.0. The molecule has 0 unspecified atom stereocenters. The molecule has 0 spiro atoms. The zero-order valence-corrected chi connectivity index (χ0v) is 13.1. The van der Waals surface area contributed by atoms with Crippen LogP contribution >= 0.6 is 27.3 Å². The van der Waals surface area contributed by atoms with E-state index >= 15 is 0 Å². The van der Waals surface area contributed by atoms with Crippen molar-refractivity contribution in [2.45, 2.75) is 13.3 Å². The van der Waals surface area contributed by atoms with Crippen LogP contribution in [-0.4, -0.2) is 53.8 Å². The molecule has 1 aromatic heterocycles. The van der Waals surface area contributed by atoms with Gasteiger partial charge in [0.15, 0.2) is 0 Å². The van der Waals surface area contributed by atoms with Crippen molar-refractivity contribution in [3.63, 3.8) is 0 Å². The van der Waals surface area contributed by atoms with Crippen LogP contribution in [0.1, 0.15) is 21.0 Å². The first-order chi connectivity index (χ1) is 8.70. The summed E-state index contributed by atoms with van der Waals surface area (Å²) in [6.45, 7) is 6.93. The van der Waals surface area contributed by atoms with Gasteiger partial charge in [-0.2, -0.15) is 0 Å². The normalized spacial score (nSPS) is 17.8. The van der Waals surface area contributed by atoms with Crippen molar-refractivity contribution in [1.82, 2.24) is 9.80 Å². The molecule has 5 heteroatoms. The Hall–Kier alpha value is -0.390. The Kier molecular flexibility index (Phi) is 5.21. The number of hydrogen-bond acceptors (Lipinski definition) is 3. The molecule has 0 bridgehead atoms. The number of rotatable bonds is 3.